The minimum Gasteiger partial charge on any atom is -0.410 e. The van der Waals surface area contributed by atoms with E-state index in [0.29, 0.717) is 0 Å². The molecule has 4 nitrogen and oxygen atoms in total. The zero-order valence-corrected chi connectivity index (χ0v) is 11.4. The molecule has 0 radical (unpaired) electrons. The summed E-state index contributed by atoms with van der Waals surface area (Å²) in [7, 11) is 0. The molecule has 0 spiro atoms. The van der Waals surface area contributed by atoms with E-state index in [4.69, 9.17) is 5.21 Å². The van der Waals surface area contributed by atoms with Crippen LogP contribution < -0.4 is 5.32 Å². The Hall–Kier alpha value is -1.06. The monoisotopic (exact) mass is 230 g/mol. The molecule has 0 aromatic heterocycles. The molecule has 1 rings (SSSR count). The molecule has 1 fully saturated rings. The van der Waals surface area contributed by atoms with Crippen molar-refractivity contribution in [3.05, 3.63) is 0 Å². The number of carbonyl (C=O) groups excluding carboxylic acids is 1. The van der Waals surface area contributed by atoms with Gasteiger partial charge in [-0.25, -0.2) is 0 Å². The molecular weight excluding hydrogens is 204 g/mol. The summed E-state index contributed by atoms with van der Waals surface area (Å²) in [6.45, 7) is 12.2. The van der Waals surface area contributed by atoms with Gasteiger partial charge in [-0.3, -0.25) is 4.79 Å². The van der Waals surface area contributed by atoms with Crippen molar-refractivity contribution in [1.82, 2.24) is 5.32 Å². The molecule has 16 heavy (non-hydrogen) atoms. The zero-order chi connectivity index (χ0) is 13.1. The average Bonchev–Trinajstić information content (AvgIpc) is 2.43. The van der Waals surface area contributed by atoms with Gasteiger partial charge >= 0.3 is 0 Å². The van der Waals surface area contributed by atoms with E-state index < -0.39 is 0 Å². The second-order valence-corrected chi connectivity index (χ2v) is 3.95. The Balaban J connectivity index is 0. The van der Waals surface area contributed by atoms with Crippen LogP contribution in [0.2, 0.25) is 0 Å². The van der Waals surface area contributed by atoms with Crippen LogP contribution in [0.25, 0.3) is 0 Å². The predicted octanol–water partition coefficient (Wildman–Crippen LogP) is 2.80. The Morgan fingerprint density at radius 2 is 1.56 bits per heavy atom. The van der Waals surface area contributed by atoms with E-state index in [-0.39, 0.29) is 23.6 Å². The van der Waals surface area contributed by atoms with Crippen LogP contribution in [0.15, 0.2) is 5.16 Å². The molecule has 4 heteroatoms. The van der Waals surface area contributed by atoms with E-state index in [0.717, 1.165) is 0 Å². The molecular formula is C12H26N2O2. The first-order valence-corrected chi connectivity index (χ1v) is 6.02. The minimum atomic E-state index is -0.262. The van der Waals surface area contributed by atoms with E-state index in [1.807, 2.05) is 13.8 Å². The smallest absolute Gasteiger partial charge is 0.269 e. The number of oxime groups is 1. The third-order valence-corrected chi connectivity index (χ3v) is 1.88. The van der Waals surface area contributed by atoms with Crippen molar-refractivity contribution in [2.24, 2.45) is 11.1 Å². The molecule has 0 aromatic rings. The Kier molecular flexibility index (Phi) is 11.3. The fourth-order valence-corrected chi connectivity index (χ4v) is 0.986. The first kappa shape index (κ1) is 17.3. The molecule has 1 saturated heterocycles. The predicted molar refractivity (Wildman–Crippen MR) is 67.9 cm³/mol. The normalized spacial score (nSPS) is 25.1. The van der Waals surface area contributed by atoms with E-state index in [1.165, 1.54) is 12.8 Å². The van der Waals surface area contributed by atoms with Gasteiger partial charge in [0.05, 0.1) is 0 Å². The molecule has 1 amide bonds. The fourth-order valence-electron chi connectivity index (χ4n) is 0.986. The Labute approximate surface area is 99.1 Å². The van der Waals surface area contributed by atoms with Crippen LogP contribution in [-0.2, 0) is 4.79 Å². The largest absolute Gasteiger partial charge is 0.410 e. The highest BCUT2D eigenvalue weighted by molar-refractivity contribution is 6.41. The third kappa shape index (κ3) is 6.43. The molecule has 2 atom stereocenters. The number of nitrogens with zero attached hydrogens (tertiary/aromatic N) is 1. The third-order valence-electron chi connectivity index (χ3n) is 1.88. The van der Waals surface area contributed by atoms with Crippen LogP contribution in [-0.4, -0.2) is 22.9 Å². The van der Waals surface area contributed by atoms with Gasteiger partial charge in [-0.2, -0.15) is 0 Å². The van der Waals surface area contributed by atoms with Crippen molar-refractivity contribution in [1.29, 1.82) is 0 Å². The molecule has 1 heterocycles. The lowest BCUT2D eigenvalue weighted by molar-refractivity contribution is -0.114. The summed E-state index contributed by atoms with van der Waals surface area (Å²) < 4.78 is 0. The zero-order valence-electron chi connectivity index (χ0n) is 11.4. The molecule has 1 aliphatic heterocycles. The maximum Gasteiger partial charge on any atom is 0.269 e. The summed E-state index contributed by atoms with van der Waals surface area (Å²) in [6, 6.07) is 0.0819. The molecule has 0 saturated carbocycles. The standard InChI is InChI=1S/C6H10N2O2.2C3H8/c1-3-4(2)7-6(9)5(3)8-10;2*1-3-2/h3-4,10H,1-2H3,(H,7,9);2*3H2,1-2H3/b8-5+;;. The number of hydrogen-bond donors (Lipinski definition) is 2. The number of amides is 1. The van der Waals surface area contributed by atoms with Gasteiger partial charge in [0, 0.05) is 12.0 Å². The second-order valence-electron chi connectivity index (χ2n) is 3.95. The highest BCUT2D eigenvalue weighted by Gasteiger charge is 2.33. The Morgan fingerprint density at radius 1 is 1.19 bits per heavy atom. The topological polar surface area (TPSA) is 61.7 Å². The molecule has 0 aliphatic carbocycles. The summed E-state index contributed by atoms with van der Waals surface area (Å²) in [5.41, 5.74) is 0.229. The van der Waals surface area contributed by atoms with Crippen LogP contribution in [0, 0.1) is 5.92 Å². The van der Waals surface area contributed by atoms with Gasteiger partial charge in [0.15, 0.2) is 0 Å². The van der Waals surface area contributed by atoms with Gasteiger partial charge in [-0.1, -0.05) is 52.6 Å². The summed E-state index contributed by atoms with van der Waals surface area (Å²) >= 11 is 0. The van der Waals surface area contributed by atoms with Crippen LogP contribution in [0.3, 0.4) is 0 Å². The van der Waals surface area contributed by atoms with Crippen LogP contribution in [0.1, 0.15) is 54.4 Å². The maximum atomic E-state index is 10.8. The lowest BCUT2D eigenvalue weighted by atomic mass is 10.0. The lowest BCUT2D eigenvalue weighted by Crippen LogP contribution is -2.24. The molecule has 96 valence electrons. The van der Waals surface area contributed by atoms with E-state index in [9.17, 15) is 4.79 Å². The van der Waals surface area contributed by atoms with Gasteiger partial charge < -0.3 is 10.5 Å². The van der Waals surface area contributed by atoms with Crippen LogP contribution in [0.4, 0.5) is 0 Å². The SMILES string of the molecule is CC1NC(=O)/C(=N/O)C1C.CCC.CCC. The Bertz CT molecular complexity index is 213. The maximum absolute atomic E-state index is 10.8. The minimum absolute atomic E-state index is 0.0116. The number of hydrogen-bond acceptors (Lipinski definition) is 3. The molecule has 2 unspecified atom stereocenters. The number of nitrogens with one attached hydrogen (secondary N) is 1. The molecule has 1 aliphatic rings. The van der Waals surface area contributed by atoms with Gasteiger partial charge in [0.2, 0.25) is 0 Å². The van der Waals surface area contributed by atoms with Crippen LogP contribution in [0.5, 0.6) is 0 Å². The highest BCUT2D eigenvalue weighted by atomic mass is 16.4. The second kappa shape index (κ2) is 10.5. The summed E-state index contributed by atoms with van der Waals surface area (Å²) in [6.07, 6.45) is 2.50. The van der Waals surface area contributed by atoms with E-state index >= 15 is 0 Å². The number of rotatable bonds is 0. The van der Waals surface area contributed by atoms with E-state index in [2.05, 4.69) is 38.2 Å². The van der Waals surface area contributed by atoms with Crippen LogP contribution >= 0.6 is 0 Å². The van der Waals surface area contributed by atoms with Crippen molar-refractivity contribution < 1.29 is 10.0 Å². The van der Waals surface area contributed by atoms with Crippen molar-refractivity contribution >= 4 is 11.6 Å². The van der Waals surface area contributed by atoms with Gasteiger partial charge in [-0.05, 0) is 6.92 Å². The van der Waals surface area contributed by atoms with Crippen molar-refractivity contribution in [2.45, 2.75) is 60.4 Å². The number of carbonyl (C=O) groups is 1. The summed E-state index contributed by atoms with van der Waals surface area (Å²) in [5.74, 6) is -0.250. The van der Waals surface area contributed by atoms with Gasteiger partial charge in [0.25, 0.3) is 5.91 Å². The molecule has 2 N–H and O–H groups in total. The van der Waals surface area contributed by atoms with Crippen molar-refractivity contribution in [3.8, 4) is 0 Å². The van der Waals surface area contributed by atoms with Crippen molar-refractivity contribution in [3.63, 3.8) is 0 Å². The lowest BCUT2D eigenvalue weighted by Gasteiger charge is -2.04. The molecule has 0 bridgehead atoms. The first-order valence-electron chi connectivity index (χ1n) is 6.02. The molecule has 0 aromatic carbocycles. The first-order chi connectivity index (χ1) is 7.49. The van der Waals surface area contributed by atoms with Gasteiger partial charge in [0.1, 0.15) is 5.71 Å². The van der Waals surface area contributed by atoms with E-state index in [1.54, 1.807) is 0 Å². The quantitative estimate of drug-likeness (QED) is 0.496. The highest BCUT2D eigenvalue weighted by Crippen LogP contribution is 2.12. The average molecular weight is 230 g/mol. The Morgan fingerprint density at radius 3 is 1.69 bits per heavy atom. The fraction of sp³-hybridized carbons (Fsp3) is 0.833. The van der Waals surface area contributed by atoms with Crippen molar-refractivity contribution in [2.75, 3.05) is 0 Å². The summed E-state index contributed by atoms with van der Waals surface area (Å²) in [4.78, 5) is 10.8. The van der Waals surface area contributed by atoms with Gasteiger partial charge in [-0.15, -0.1) is 0 Å². The summed E-state index contributed by atoms with van der Waals surface area (Å²) in [5, 5.41) is 13.9.